The van der Waals surface area contributed by atoms with Gasteiger partial charge in [-0.3, -0.25) is 9.59 Å². The first-order valence-corrected chi connectivity index (χ1v) is 9.01. The Bertz CT molecular complexity index is 698. The van der Waals surface area contributed by atoms with Crippen molar-refractivity contribution in [2.45, 2.75) is 19.4 Å². The summed E-state index contributed by atoms with van der Waals surface area (Å²) >= 11 is 0. The topological polar surface area (TPSA) is 91.8 Å². The van der Waals surface area contributed by atoms with E-state index >= 15 is 0 Å². The number of aryl methyl sites for hydroxylation is 1. The number of hydrogen-bond donors (Lipinski definition) is 1. The van der Waals surface area contributed by atoms with Crippen molar-refractivity contribution >= 4 is 21.7 Å². The summed E-state index contributed by atoms with van der Waals surface area (Å²) in [4.78, 5) is 25.0. The average molecular weight is 325 g/mol. The molecule has 1 aliphatic rings. The number of carboxylic acid groups (broad SMARTS) is 1. The summed E-state index contributed by atoms with van der Waals surface area (Å²) in [5, 5.41) is 9.38. The van der Waals surface area contributed by atoms with Crippen LogP contribution in [-0.2, 0) is 19.4 Å². The first-order chi connectivity index (χ1) is 10.2. The molecule has 6 nitrogen and oxygen atoms in total. The molecule has 0 aliphatic carbocycles. The van der Waals surface area contributed by atoms with Crippen molar-refractivity contribution in [2.75, 3.05) is 18.6 Å². The Labute approximate surface area is 129 Å². The molecule has 7 heteroatoms. The van der Waals surface area contributed by atoms with Crippen LogP contribution in [0.25, 0.3) is 0 Å². The van der Waals surface area contributed by atoms with Gasteiger partial charge in [-0.25, -0.2) is 8.42 Å². The lowest BCUT2D eigenvalue weighted by molar-refractivity contribution is -0.142. The lowest BCUT2D eigenvalue weighted by atomic mass is 9.93. The minimum absolute atomic E-state index is 0.0139. The van der Waals surface area contributed by atoms with Gasteiger partial charge in [-0.05, 0) is 12.5 Å². The van der Waals surface area contributed by atoms with Gasteiger partial charge in [-0.1, -0.05) is 29.8 Å². The van der Waals surface area contributed by atoms with E-state index in [0.29, 0.717) is 0 Å². The van der Waals surface area contributed by atoms with Crippen molar-refractivity contribution in [2.24, 2.45) is 5.92 Å². The quantitative estimate of drug-likeness (QED) is 0.872. The standard InChI is InChI=1S/C15H19NO5S/c1-10-4-3-5-11(8-10)14-12(15(18)19)9-13(17)16(14)6-7-22(2,20)21/h3-5,8,12,14H,6-7,9H2,1-2H3,(H,18,19)/t12-,14+/m1/s1. The van der Waals surface area contributed by atoms with Gasteiger partial charge in [0.1, 0.15) is 9.84 Å². The Kier molecular flexibility index (Phi) is 4.55. The monoisotopic (exact) mass is 325 g/mol. The normalized spacial score (nSPS) is 22.1. The van der Waals surface area contributed by atoms with Crippen LogP contribution in [-0.4, -0.2) is 48.9 Å². The van der Waals surface area contributed by atoms with Gasteiger partial charge in [0, 0.05) is 19.2 Å². The van der Waals surface area contributed by atoms with Crippen molar-refractivity contribution in [3.8, 4) is 0 Å². The molecule has 1 aliphatic heterocycles. The maximum absolute atomic E-state index is 12.1. The van der Waals surface area contributed by atoms with Crippen molar-refractivity contribution < 1.29 is 23.1 Å². The van der Waals surface area contributed by atoms with Crippen LogP contribution in [0.15, 0.2) is 24.3 Å². The molecule has 2 atom stereocenters. The molecule has 1 amide bonds. The molecule has 1 fully saturated rings. The Hall–Kier alpha value is -1.89. The van der Waals surface area contributed by atoms with Crippen LogP contribution in [0.3, 0.4) is 0 Å². The highest BCUT2D eigenvalue weighted by Gasteiger charge is 2.44. The number of hydrogen-bond acceptors (Lipinski definition) is 4. The Morgan fingerprint density at radius 3 is 2.64 bits per heavy atom. The third kappa shape index (κ3) is 3.65. The van der Waals surface area contributed by atoms with E-state index in [1.165, 1.54) is 4.90 Å². The van der Waals surface area contributed by atoms with Crippen LogP contribution in [0.4, 0.5) is 0 Å². The van der Waals surface area contributed by atoms with E-state index in [1.54, 1.807) is 12.1 Å². The summed E-state index contributed by atoms with van der Waals surface area (Å²) < 4.78 is 22.7. The largest absolute Gasteiger partial charge is 0.481 e. The minimum Gasteiger partial charge on any atom is -0.481 e. The van der Waals surface area contributed by atoms with Gasteiger partial charge < -0.3 is 10.0 Å². The lowest BCUT2D eigenvalue weighted by Crippen LogP contribution is -2.34. The highest BCUT2D eigenvalue weighted by molar-refractivity contribution is 7.90. The molecule has 1 saturated heterocycles. The smallest absolute Gasteiger partial charge is 0.309 e. The highest BCUT2D eigenvalue weighted by atomic mass is 32.2. The molecule has 1 aromatic carbocycles. The number of carboxylic acids is 1. The number of nitrogens with zero attached hydrogens (tertiary/aromatic N) is 1. The molecular weight excluding hydrogens is 306 g/mol. The second kappa shape index (κ2) is 6.08. The summed E-state index contributed by atoms with van der Waals surface area (Å²) in [5.74, 6) is -2.38. The third-order valence-corrected chi connectivity index (χ3v) is 4.76. The number of benzene rings is 1. The van der Waals surface area contributed by atoms with Gasteiger partial charge in [-0.2, -0.15) is 0 Å². The van der Waals surface area contributed by atoms with E-state index in [4.69, 9.17) is 0 Å². The molecule has 1 aromatic rings. The summed E-state index contributed by atoms with van der Waals surface area (Å²) in [6.45, 7) is 1.90. The number of likely N-dealkylation sites (tertiary alicyclic amines) is 1. The number of amides is 1. The Morgan fingerprint density at radius 1 is 1.41 bits per heavy atom. The Balaban J connectivity index is 2.36. The average Bonchev–Trinajstić information content (AvgIpc) is 2.73. The number of aliphatic carboxylic acids is 1. The van der Waals surface area contributed by atoms with E-state index < -0.39 is 27.8 Å². The van der Waals surface area contributed by atoms with E-state index in [1.807, 2.05) is 19.1 Å². The number of rotatable bonds is 5. The fourth-order valence-electron chi connectivity index (χ4n) is 2.81. The second-order valence-corrected chi connectivity index (χ2v) is 7.98. The lowest BCUT2D eigenvalue weighted by Gasteiger charge is -2.27. The zero-order chi connectivity index (χ0) is 16.5. The summed E-state index contributed by atoms with van der Waals surface area (Å²) in [7, 11) is -3.23. The number of carbonyl (C=O) groups is 2. The fraction of sp³-hybridized carbons (Fsp3) is 0.467. The molecule has 120 valence electrons. The van der Waals surface area contributed by atoms with Crippen molar-refractivity contribution in [3.63, 3.8) is 0 Å². The van der Waals surface area contributed by atoms with Gasteiger partial charge >= 0.3 is 5.97 Å². The van der Waals surface area contributed by atoms with Gasteiger partial charge in [0.05, 0.1) is 17.7 Å². The van der Waals surface area contributed by atoms with Crippen LogP contribution in [0, 0.1) is 12.8 Å². The first-order valence-electron chi connectivity index (χ1n) is 6.95. The van der Waals surface area contributed by atoms with Crippen LogP contribution in [0.1, 0.15) is 23.6 Å². The van der Waals surface area contributed by atoms with E-state index in [9.17, 15) is 23.1 Å². The zero-order valence-corrected chi connectivity index (χ0v) is 13.3. The van der Waals surface area contributed by atoms with Crippen LogP contribution >= 0.6 is 0 Å². The molecule has 0 radical (unpaired) electrons. The predicted molar refractivity (Wildman–Crippen MR) is 81.1 cm³/mol. The molecule has 0 bridgehead atoms. The Morgan fingerprint density at radius 2 is 2.09 bits per heavy atom. The van der Waals surface area contributed by atoms with Gasteiger partial charge in [0.2, 0.25) is 5.91 Å². The molecule has 0 spiro atoms. The summed E-state index contributed by atoms with van der Waals surface area (Å²) in [5.41, 5.74) is 1.69. The molecule has 22 heavy (non-hydrogen) atoms. The first kappa shape index (κ1) is 16.5. The molecule has 0 saturated carbocycles. The molecule has 2 rings (SSSR count). The number of sulfone groups is 1. The van der Waals surface area contributed by atoms with E-state index in [0.717, 1.165) is 17.4 Å². The third-order valence-electron chi connectivity index (χ3n) is 3.84. The van der Waals surface area contributed by atoms with Crippen LogP contribution in [0.5, 0.6) is 0 Å². The maximum atomic E-state index is 12.1. The summed E-state index contributed by atoms with van der Waals surface area (Å²) in [6.07, 6.45) is 1.00. The van der Waals surface area contributed by atoms with E-state index in [-0.39, 0.29) is 24.6 Å². The van der Waals surface area contributed by atoms with Crippen molar-refractivity contribution in [1.29, 1.82) is 0 Å². The molecular formula is C15H19NO5S. The van der Waals surface area contributed by atoms with Gasteiger partial charge in [-0.15, -0.1) is 0 Å². The molecule has 0 aromatic heterocycles. The minimum atomic E-state index is -3.23. The second-order valence-electron chi connectivity index (χ2n) is 5.72. The van der Waals surface area contributed by atoms with Crippen molar-refractivity contribution in [1.82, 2.24) is 4.90 Å². The van der Waals surface area contributed by atoms with Crippen LogP contribution in [0.2, 0.25) is 0 Å². The molecule has 1 N–H and O–H groups in total. The van der Waals surface area contributed by atoms with Crippen molar-refractivity contribution in [3.05, 3.63) is 35.4 Å². The van der Waals surface area contributed by atoms with E-state index in [2.05, 4.69) is 0 Å². The molecule has 1 heterocycles. The zero-order valence-electron chi connectivity index (χ0n) is 12.5. The van der Waals surface area contributed by atoms with Gasteiger partial charge in [0.25, 0.3) is 0 Å². The highest BCUT2D eigenvalue weighted by Crippen LogP contribution is 2.38. The number of carbonyl (C=O) groups excluding carboxylic acids is 1. The SMILES string of the molecule is Cc1cccc([C@H]2[C@H](C(=O)O)CC(=O)N2CCS(C)(=O)=O)c1. The molecule has 0 unspecified atom stereocenters. The van der Waals surface area contributed by atoms with Crippen LogP contribution < -0.4 is 0 Å². The predicted octanol–water partition coefficient (Wildman–Crippen LogP) is 1.01. The summed E-state index contributed by atoms with van der Waals surface area (Å²) in [6, 6.07) is 6.69. The van der Waals surface area contributed by atoms with Gasteiger partial charge in [0.15, 0.2) is 0 Å². The fourth-order valence-corrected chi connectivity index (χ4v) is 3.33. The maximum Gasteiger partial charge on any atom is 0.309 e.